The van der Waals surface area contributed by atoms with Gasteiger partial charge in [0.15, 0.2) is 11.5 Å². The molecule has 0 atom stereocenters. The highest BCUT2D eigenvalue weighted by atomic mass is 16.7. The van der Waals surface area contributed by atoms with Crippen LogP contribution in [-0.4, -0.2) is 22.7 Å². The van der Waals surface area contributed by atoms with E-state index >= 15 is 0 Å². The topological polar surface area (TPSA) is 73.3 Å². The largest absolute Gasteiger partial charge is 0.454 e. The molecule has 0 spiro atoms. The molecule has 2 aromatic heterocycles. The normalized spacial score (nSPS) is 12.2. The van der Waals surface area contributed by atoms with Crippen LogP contribution in [0.15, 0.2) is 67.0 Å². The molecule has 1 amide bonds. The maximum Gasteiger partial charge on any atom is 0.256 e. The smallest absolute Gasteiger partial charge is 0.256 e. The van der Waals surface area contributed by atoms with Crippen molar-refractivity contribution in [3.8, 4) is 22.8 Å². The van der Waals surface area contributed by atoms with Crippen LogP contribution >= 0.6 is 0 Å². The first-order chi connectivity index (χ1) is 14.2. The number of hydrogen-bond donors (Lipinski definition) is 1. The van der Waals surface area contributed by atoms with E-state index in [9.17, 15) is 4.79 Å². The summed E-state index contributed by atoms with van der Waals surface area (Å²) < 4.78 is 10.7. The van der Waals surface area contributed by atoms with E-state index in [4.69, 9.17) is 14.5 Å². The van der Waals surface area contributed by atoms with E-state index in [0.29, 0.717) is 28.4 Å². The van der Waals surface area contributed by atoms with Crippen LogP contribution in [0.25, 0.3) is 22.2 Å². The molecule has 1 aliphatic heterocycles. The fourth-order valence-electron chi connectivity index (χ4n) is 3.41. The van der Waals surface area contributed by atoms with Crippen molar-refractivity contribution < 1.29 is 14.3 Å². The van der Waals surface area contributed by atoms with Crippen molar-refractivity contribution in [1.82, 2.24) is 9.97 Å². The summed E-state index contributed by atoms with van der Waals surface area (Å²) >= 11 is 0. The van der Waals surface area contributed by atoms with Gasteiger partial charge in [-0.15, -0.1) is 0 Å². The quantitative estimate of drug-likeness (QED) is 0.560. The van der Waals surface area contributed by atoms with Gasteiger partial charge in [-0.05, 0) is 42.8 Å². The second kappa shape index (κ2) is 6.91. The highest BCUT2D eigenvalue weighted by molar-refractivity contribution is 6.13. The Morgan fingerprint density at radius 1 is 1.03 bits per heavy atom. The van der Waals surface area contributed by atoms with E-state index in [-0.39, 0.29) is 12.7 Å². The number of aryl methyl sites for hydroxylation is 1. The summed E-state index contributed by atoms with van der Waals surface area (Å²) in [4.78, 5) is 22.2. The van der Waals surface area contributed by atoms with Crippen molar-refractivity contribution in [2.24, 2.45) is 0 Å². The Balaban J connectivity index is 1.59. The summed E-state index contributed by atoms with van der Waals surface area (Å²) in [5.74, 6) is 1.08. The Morgan fingerprint density at radius 3 is 2.79 bits per heavy atom. The number of nitrogens with zero attached hydrogens (tertiary/aromatic N) is 2. The number of ether oxygens (including phenoxy) is 2. The molecule has 0 saturated heterocycles. The van der Waals surface area contributed by atoms with Gasteiger partial charge >= 0.3 is 0 Å². The standard InChI is InChI=1S/C23H17N3O3/c1-14-4-2-6-17-18(11-19(26-22(14)17)15-5-3-9-24-12-15)23(27)25-16-7-8-20-21(10-16)29-13-28-20/h2-12H,13H2,1H3,(H,25,27). The molecule has 0 saturated carbocycles. The molecule has 0 unspecified atom stereocenters. The number of rotatable bonds is 3. The zero-order chi connectivity index (χ0) is 19.8. The molecule has 142 valence electrons. The molecule has 4 aromatic rings. The van der Waals surface area contributed by atoms with Gasteiger partial charge in [-0.1, -0.05) is 18.2 Å². The molecular formula is C23H17N3O3. The summed E-state index contributed by atoms with van der Waals surface area (Å²) in [5, 5.41) is 3.76. The number of para-hydroxylation sites is 1. The van der Waals surface area contributed by atoms with E-state index in [1.807, 2.05) is 37.3 Å². The number of nitrogens with one attached hydrogen (secondary N) is 1. The third-order valence-corrected chi connectivity index (χ3v) is 4.87. The molecular weight excluding hydrogens is 366 g/mol. The lowest BCUT2D eigenvalue weighted by Crippen LogP contribution is -2.13. The van der Waals surface area contributed by atoms with Crippen LogP contribution in [0, 0.1) is 6.92 Å². The Bertz CT molecular complexity index is 1240. The Kier molecular flexibility index (Phi) is 4.09. The molecule has 0 radical (unpaired) electrons. The van der Waals surface area contributed by atoms with Gasteiger partial charge in [-0.25, -0.2) is 4.98 Å². The van der Waals surface area contributed by atoms with Gasteiger partial charge in [0.05, 0.1) is 16.8 Å². The van der Waals surface area contributed by atoms with Gasteiger partial charge in [0.2, 0.25) is 6.79 Å². The predicted octanol–water partition coefficient (Wildman–Crippen LogP) is 4.59. The number of amides is 1. The van der Waals surface area contributed by atoms with Gasteiger partial charge < -0.3 is 14.8 Å². The van der Waals surface area contributed by atoms with Crippen LogP contribution in [0.4, 0.5) is 5.69 Å². The second-order valence-corrected chi connectivity index (χ2v) is 6.79. The van der Waals surface area contributed by atoms with Crippen LogP contribution in [0.1, 0.15) is 15.9 Å². The summed E-state index contributed by atoms with van der Waals surface area (Å²) in [6.45, 7) is 2.18. The second-order valence-electron chi connectivity index (χ2n) is 6.79. The highest BCUT2D eigenvalue weighted by Crippen LogP contribution is 2.34. The Morgan fingerprint density at radius 2 is 1.93 bits per heavy atom. The van der Waals surface area contributed by atoms with E-state index in [2.05, 4.69) is 10.3 Å². The SMILES string of the molecule is Cc1cccc2c(C(=O)Nc3ccc4c(c3)OCO4)cc(-c3cccnc3)nc12. The van der Waals surface area contributed by atoms with Crippen LogP contribution in [0.2, 0.25) is 0 Å². The highest BCUT2D eigenvalue weighted by Gasteiger charge is 2.18. The van der Waals surface area contributed by atoms with Crippen molar-refractivity contribution in [3.05, 3.63) is 78.1 Å². The lowest BCUT2D eigenvalue weighted by molar-refractivity contribution is 0.102. The Labute approximate surface area is 167 Å². The molecule has 29 heavy (non-hydrogen) atoms. The molecule has 5 rings (SSSR count). The monoisotopic (exact) mass is 383 g/mol. The number of hydrogen-bond acceptors (Lipinski definition) is 5. The molecule has 0 bridgehead atoms. The summed E-state index contributed by atoms with van der Waals surface area (Å²) in [6, 6.07) is 16.8. The Hall–Kier alpha value is -3.93. The van der Waals surface area contributed by atoms with Crippen molar-refractivity contribution in [1.29, 1.82) is 0 Å². The number of aromatic nitrogens is 2. The fraction of sp³-hybridized carbons (Fsp3) is 0.0870. The zero-order valence-corrected chi connectivity index (χ0v) is 15.7. The first-order valence-corrected chi connectivity index (χ1v) is 9.21. The first-order valence-electron chi connectivity index (χ1n) is 9.21. The molecule has 0 fully saturated rings. The third-order valence-electron chi connectivity index (χ3n) is 4.87. The van der Waals surface area contributed by atoms with Gasteiger partial charge in [0.1, 0.15) is 0 Å². The number of pyridine rings is 2. The molecule has 1 N–H and O–H groups in total. The maximum atomic E-state index is 13.2. The van der Waals surface area contributed by atoms with Gasteiger partial charge in [-0.2, -0.15) is 0 Å². The van der Waals surface area contributed by atoms with Crippen LogP contribution in [-0.2, 0) is 0 Å². The predicted molar refractivity (Wildman–Crippen MR) is 110 cm³/mol. The molecule has 1 aliphatic rings. The van der Waals surface area contributed by atoms with Crippen molar-refractivity contribution in [2.75, 3.05) is 12.1 Å². The molecule has 6 heteroatoms. The molecule has 2 aromatic carbocycles. The minimum absolute atomic E-state index is 0.190. The molecule has 0 aliphatic carbocycles. The number of benzene rings is 2. The summed E-state index contributed by atoms with van der Waals surface area (Å²) in [6.07, 6.45) is 3.45. The summed E-state index contributed by atoms with van der Waals surface area (Å²) in [5.41, 5.74) is 4.55. The number of carbonyl (C=O) groups excluding carboxylic acids is 1. The lowest BCUT2D eigenvalue weighted by atomic mass is 10.0. The van der Waals surface area contributed by atoms with E-state index in [1.165, 1.54) is 0 Å². The first kappa shape index (κ1) is 17.2. The number of fused-ring (bicyclic) bond motifs is 2. The fourth-order valence-corrected chi connectivity index (χ4v) is 3.41. The minimum atomic E-state index is -0.216. The summed E-state index contributed by atoms with van der Waals surface area (Å²) in [7, 11) is 0. The van der Waals surface area contributed by atoms with Crippen LogP contribution < -0.4 is 14.8 Å². The van der Waals surface area contributed by atoms with E-state index in [1.54, 1.807) is 36.7 Å². The van der Waals surface area contributed by atoms with Gasteiger partial charge in [-0.3, -0.25) is 9.78 Å². The van der Waals surface area contributed by atoms with E-state index in [0.717, 1.165) is 22.0 Å². The van der Waals surface area contributed by atoms with Crippen molar-refractivity contribution in [2.45, 2.75) is 6.92 Å². The van der Waals surface area contributed by atoms with Crippen molar-refractivity contribution >= 4 is 22.5 Å². The number of anilines is 1. The van der Waals surface area contributed by atoms with Crippen molar-refractivity contribution in [3.63, 3.8) is 0 Å². The van der Waals surface area contributed by atoms with Gasteiger partial charge in [0, 0.05) is 35.1 Å². The average molecular weight is 383 g/mol. The maximum absolute atomic E-state index is 13.2. The molecule has 6 nitrogen and oxygen atoms in total. The van der Waals surface area contributed by atoms with E-state index < -0.39 is 0 Å². The third kappa shape index (κ3) is 3.14. The zero-order valence-electron chi connectivity index (χ0n) is 15.7. The number of carbonyl (C=O) groups is 1. The van der Waals surface area contributed by atoms with Crippen LogP contribution in [0.5, 0.6) is 11.5 Å². The average Bonchev–Trinajstić information content (AvgIpc) is 3.22. The van der Waals surface area contributed by atoms with Gasteiger partial charge in [0.25, 0.3) is 5.91 Å². The molecule has 3 heterocycles. The van der Waals surface area contributed by atoms with Crippen LogP contribution in [0.3, 0.4) is 0 Å². The lowest BCUT2D eigenvalue weighted by Gasteiger charge is -2.12. The minimum Gasteiger partial charge on any atom is -0.454 e.